The van der Waals surface area contributed by atoms with Gasteiger partial charge in [-0.25, -0.2) is 0 Å². The molecule has 0 radical (unpaired) electrons. The maximum atomic E-state index is 12.7. The predicted octanol–water partition coefficient (Wildman–Crippen LogP) is 4.44. The number of nitrogens with zero attached hydrogens (tertiary/aromatic N) is 3. The van der Waals surface area contributed by atoms with Gasteiger partial charge in [0.15, 0.2) is 0 Å². The number of benzene rings is 1. The van der Waals surface area contributed by atoms with E-state index in [9.17, 15) is 4.79 Å². The molecule has 2 fully saturated rings. The highest BCUT2D eigenvalue weighted by Crippen LogP contribution is 2.24. The molecule has 142 valence electrons. The molecule has 0 spiro atoms. The highest BCUT2D eigenvalue weighted by molar-refractivity contribution is 5.93. The Labute approximate surface area is 161 Å². The van der Waals surface area contributed by atoms with Gasteiger partial charge in [0.1, 0.15) is 5.69 Å². The fraction of sp³-hybridized carbons (Fsp3) is 0.455. The van der Waals surface area contributed by atoms with Crippen molar-refractivity contribution in [3.05, 3.63) is 48.3 Å². The molecule has 2 saturated heterocycles. The quantitative estimate of drug-likeness (QED) is 0.871. The van der Waals surface area contributed by atoms with E-state index in [1.165, 1.54) is 31.4 Å². The monoisotopic (exact) mass is 364 g/mol. The van der Waals surface area contributed by atoms with Gasteiger partial charge >= 0.3 is 0 Å². The Bertz CT molecular complexity index is 762. The molecule has 27 heavy (non-hydrogen) atoms. The lowest BCUT2D eigenvalue weighted by Gasteiger charge is -2.28. The van der Waals surface area contributed by atoms with E-state index in [1.54, 1.807) is 6.20 Å². The number of pyridine rings is 1. The number of aromatic nitrogens is 1. The van der Waals surface area contributed by atoms with Crippen LogP contribution in [0, 0.1) is 0 Å². The van der Waals surface area contributed by atoms with E-state index in [0.717, 1.165) is 50.4 Å². The number of hydrogen-bond acceptors (Lipinski definition) is 4. The van der Waals surface area contributed by atoms with Crippen LogP contribution in [-0.4, -0.2) is 42.0 Å². The number of rotatable bonds is 4. The van der Waals surface area contributed by atoms with Crippen molar-refractivity contribution in [2.75, 3.05) is 36.4 Å². The van der Waals surface area contributed by atoms with Crippen molar-refractivity contribution in [2.24, 2.45) is 0 Å². The van der Waals surface area contributed by atoms with Crippen molar-refractivity contribution < 1.29 is 4.79 Å². The van der Waals surface area contributed by atoms with Crippen LogP contribution in [-0.2, 0) is 0 Å². The van der Waals surface area contributed by atoms with E-state index < -0.39 is 0 Å². The summed E-state index contributed by atoms with van der Waals surface area (Å²) in [5.41, 5.74) is 3.73. The summed E-state index contributed by atoms with van der Waals surface area (Å²) in [7, 11) is 0. The molecule has 5 nitrogen and oxygen atoms in total. The zero-order chi connectivity index (χ0) is 18.5. The van der Waals surface area contributed by atoms with Gasteiger partial charge in [-0.05, 0) is 74.9 Å². The van der Waals surface area contributed by atoms with Crippen LogP contribution in [0.5, 0.6) is 0 Å². The molecule has 1 amide bonds. The summed E-state index contributed by atoms with van der Waals surface area (Å²) in [5, 5.41) is 3.40. The lowest BCUT2D eigenvalue weighted by molar-refractivity contribution is 0.0718. The molecule has 1 aromatic carbocycles. The van der Waals surface area contributed by atoms with Crippen molar-refractivity contribution in [1.29, 1.82) is 0 Å². The van der Waals surface area contributed by atoms with Gasteiger partial charge in [0, 0.05) is 49.4 Å². The maximum Gasteiger partial charge on any atom is 0.272 e. The Morgan fingerprint density at radius 2 is 1.48 bits per heavy atom. The van der Waals surface area contributed by atoms with E-state index in [1.807, 2.05) is 17.0 Å². The van der Waals surface area contributed by atoms with Gasteiger partial charge in [0.2, 0.25) is 0 Å². The topological polar surface area (TPSA) is 48.5 Å². The van der Waals surface area contributed by atoms with Crippen LogP contribution in [0.25, 0.3) is 0 Å². The SMILES string of the molecule is O=C(c1cc(Nc2ccc(N3CCCCC3)cc2)ccn1)N1CCCCC1. The van der Waals surface area contributed by atoms with E-state index >= 15 is 0 Å². The van der Waals surface area contributed by atoms with Gasteiger partial charge in [0.25, 0.3) is 5.91 Å². The molecule has 4 rings (SSSR count). The molecule has 5 heteroatoms. The summed E-state index contributed by atoms with van der Waals surface area (Å²) in [6, 6.07) is 12.3. The molecular weight excluding hydrogens is 336 g/mol. The van der Waals surface area contributed by atoms with E-state index in [-0.39, 0.29) is 5.91 Å². The van der Waals surface area contributed by atoms with Crippen LogP contribution < -0.4 is 10.2 Å². The molecule has 2 aliphatic heterocycles. The first-order valence-electron chi connectivity index (χ1n) is 10.2. The molecule has 3 heterocycles. The van der Waals surface area contributed by atoms with Crippen LogP contribution in [0.3, 0.4) is 0 Å². The highest BCUT2D eigenvalue weighted by Gasteiger charge is 2.19. The molecule has 0 atom stereocenters. The molecule has 1 aromatic heterocycles. The average molecular weight is 364 g/mol. The Morgan fingerprint density at radius 1 is 0.815 bits per heavy atom. The Kier molecular flexibility index (Phi) is 5.56. The number of carbonyl (C=O) groups is 1. The average Bonchev–Trinajstić information content (AvgIpc) is 2.75. The number of hydrogen-bond donors (Lipinski definition) is 1. The van der Waals surface area contributed by atoms with Crippen LogP contribution in [0.2, 0.25) is 0 Å². The molecule has 0 unspecified atom stereocenters. The number of anilines is 3. The fourth-order valence-electron chi connectivity index (χ4n) is 3.96. The van der Waals surface area contributed by atoms with Crippen molar-refractivity contribution in [3.8, 4) is 0 Å². The normalized spacial score (nSPS) is 17.6. The largest absolute Gasteiger partial charge is 0.372 e. The minimum absolute atomic E-state index is 0.0406. The van der Waals surface area contributed by atoms with Crippen molar-refractivity contribution in [2.45, 2.75) is 38.5 Å². The molecular formula is C22H28N4O. The van der Waals surface area contributed by atoms with Crippen molar-refractivity contribution in [3.63, 3.8) is 0 Å². The minimum atomic E-state index is 0.0406. The number of nitrogens with one attached hydrogen (secondary N) is 1. The van der Waals surface area contributed by atoms with Gasteiger partial charge < -0.3 is 15.1 Å². The first-order valence-corrected chi connectivity index (χ1v) is 10.2. The van der Waals surface area contributed by atoms with Crippen LogP contribution >= 0.6 is 0 Å². The smallest absolute Gasteiger partial charge is 0.272 e. The molecule has 1 N–H and O–H groups in total. The standard InChI is InChI=1S/C22H28N4O/c27-22(26-15-5-2-6-16-26)21-17-19(11-12-23-21)24-18-7-9-20(10-8-18)25-13-3-1-4-14-25/h7-12,17H,1-6,13-16H2,(H,23,24). The number of amides is 1. The van der Waals surface area contributed by atoms with Crippen LogP contribution in [0.1, 0.15) is 49.0 Å². The van der Waals surface area contributed by atoms with Gasteiger partial charge in [-0.15, -0.1) is 0 Å². The number of piperidine rings is 2. The first kappa shape index (κ1) is 17.8. The minimum Gasteiger partial charge on any atom is -0.372 e. The van der Waals surface area contributed by atoms with Crippen LogP contribution in [0.4, 0.5) is 17.1 Å². The fourth-order valence-corrected chi connectivity index (χ4v) is 3.96. The van der Waals surface area contributed by atoms with Crippen LogP contribution in [0.15, 0.2) is 42.6 Å². The third-order valence-corrected chi connectivity index (χ3v) is 5.50. The number of carbonyl (C=O) groups excluding carboxylic acids is 1. The third-order valence-electron chi connectivity index (χ3n) is 5.50. The van der Waals surface area contributed by atoms with E-state index in [2.05, 4.69) is 39.5 Å². The van der Waals surface area contributed by atoms with Gasteiger partial charge in [0.05, 0.1) is 0 Å². The number of likely N-dealkylation sites (tertiary alicyclic amines) is 1. The van der Waals surface area contributed by atoms with Gasteiger partial charge in [-0.3, -0.25) is 9.78 Å². The Morgan fingerprint density at radius 3 is 2.19 bits per heavy atom. The second-order valence-electron chi connectivity index (χ2n) is 7.50. The first-order chi connectivity index (χ1) is 13.3. The highest BCUT2D eigenvalue weighted by atomic mass is 16.2. The molecule has 0 saturated carbocycles. The van der Waals surface area contributed by atoms with E-state index in [0.29, 0.717) is 5.69 Å². The summed E-state index contributed by atoms with van der Waals surface area (Å²) >= 11 is 0. The maximum absolute atomic E-state index is 12.7. The van der Waals surface area contributed by atoms with Crippen molar-refractivity contribution >= 4 is 23.0 Å². The predicted molar refractivity (Wildman–Crippen MR) is 110 cm³/mol. The molecule has 0 aliphatic carbocycles. The van der Waals surface area contributed by atoms with Gasteiger partial charge in [-0.1, -0.05) is 0 Å². The second-order valence-corrected chi connectivity index (χ2v) is 7.50. The second kappa shape index (κ2) is 8.42. The summed E-state index contributed by atoms with van der Waals surface area (Å²) in [4.78, 5) is 21.3. The summed E-state index contributed by atoms with van der Waals surface area (Å²) in [6.07, 6.45) is 9.01. The Hall–Kier alpha value is -2.56. The summed E-state index contributed by atoms with van der Waals surface area (Å²) < 4.78 is 0. The molecule has 2 aromatic rings. The van der Waals surface area contributed by atoms with Gasteiger partial charge in [-0.2, -0.15) is 0 Å². The molecule has 2 aliphatic rings. The Balaban J connectivity index is 1.42. The lowest BCUT2D eigenvalue weighted by Crippen LogP contribution is -2.36. The molecule has 0 bridgehead atoms. The zero-order valence-corrected chi connectivity index (χ0v) is 15.9. The lowest BCUT2D eigenvalue weighted by atomic mass is 10.1. The zero-order valence-electron chi connectivity index (χ0n) is 15.9. The summed E-state index contributed by atoms with van der Waals surface area (Å²) in [5.74, 6) is 0.0406. The van der Waals surface area contributed by atoms with E-state index in [4.69, 9.17) is 0 Å². The third kappa shape index (κ3) is 4.41. The summed E-state index contributed by atoms with van der Waals surface area (Å²) in [6.45, 7) is 3.99. The van der Waals surface area contributed by atoms with Crippen molar-refractivity contribution in [1.82, 2.24) is 9.88 Å².